The van der Waals surface area contributed by atoms with Gasteiger partial charge in [0.2, 0.25) is 0 Å². The van der Waals surface area contributed by atoms with E-state index in [9.17, 15) is 4.39 Å². The number of halogens is 1. The van der Waals surface area contributed by atoms with Gasteiger partial charge in [-0.1, -0.05) is 25.1 Å². The van der Waals surface area contributed by atoms with E-state index in [1.165, 1.54) is 6.07 Å². The molecule has 2 nitrogen and oxygen atoms in total. The molecule has 3 heteroatoms. The van der Waals surface area contributed by atoms with Crippen molar-refractivity contribution in [3.8, 4) is 0 Å². The van der Waals surface area contributed by atoms with Gasteiger partial charge in [0.25, 0.3) is 0 Å². The van der Waals surface area contributed by atoms with Crippen LogP contribution in [0.15, 0.2) is 24.3 Å². The Morgan fingerprint density at radius 3 is 2.73 bits per heavy atom. The molecule has 1 aromatic rings. The first-order chi connectivity index (χ1) is 7.31. The molecule has 0 spiro atoms. The average molecular weight is 209 g/mol. The highest BCUT2D eigenvalue weighted by molar-refractivity contribution is 5.21. The van der Waals surface area contributed by atoms with E-state index in [1.807, 2.05) is 12.1 Å². The number of rotatable bonds is 4. The molecule has 0 aliphatic carbocycles. The summed E-state index contributed by atoms with van der Waals surface area (Å²) in [7, 11) is 0. The molecule has 0 aromatic heterocycles. The Morgan fingerprint density at radius 1 is 1.47 bits per heavy atom. The van der Waals surface area contributed by atoms with Gasteiger partial charge in [0.15, 0.2) is 0 Å². The molecule has 1 aromatic carbocycles. The van der Waals surface area contributed by atoms with Crippen molar-refractivity contribution in [2.75, 3.05) is 13.2 Å². The third kappa shape index (κ3) is 2.36. The second kappa shape index (κ2) is 4.73. The van der Waals surface area contributed by atoms with Gasteiger partial charge in [0.05, 0.1) is 19.3 Å². The Morgan fingerprint density at radius 2 is 2.20 bits per heavy atom. The Kier molecular flexibility index (Phi) is 3.34. The Hall–Kier alpha value is -0.930. The molecule has 1 fully saturated rings. The van der Waals surface area contributed by atoms with E-state index >= 15 is 0 Å². The third-order valence-corrected chi connectivity index (χ3v) is 2.76. The first-order valence-electron chi connectivity index (χ1n) is 5.39. The summed E-state index contributed by atoms with van der Waals surface area (Å²) in [4.78, 5) is 0. The zero-order valence-electron chi connectivity index (χ0n) is 8.87. The first kappa shape index (κ1) is 10.6. The summed E-state index contributed by atoms with van der Waals surface area (Å²) in [5, 5.41) is 3.40. The monoisotopic (exact) mass is 209 g/mol. The van der Waals surface area contributed by atoms with Crippen molar-refractivity contribution < 1.29 is 9.13 Å². The number of nitrogens with one attached hydrogen (secondary N) is 1. The second-order valence-electron chi connectivity index (χ2n) is 3.88. The summed E-state index contributed by atoms with van der Waals surface area (Å²) < 4.78 is 18.6. The van der Waals surface area contributed by atoms with E-state index in [2.05, 4.69) is 12.2 Å². The van der Waals surface area contributed by atoms with E-state index in [0.29, 0.717) is 6.04 Å². The highest BCUT2D eigenvalue weighted by Crippen LogP contribution is 2.21. The van der Waals surface area contributed by atoms with Gasteiger partial charge in [-0.05, 0) is 12.5 Å². The maximum atomic E-state index is 13.5. The Bertz CT molecular complexity index is 325. The van der Waals surface area contributed by atoms with Gasteiger partial charge in [-0.15, -0.1) is 0 Å². The molecule has 15 heavy (non-hydrogen) atoms. The topological polar surface area (TPSA) is 21.3 Å². The van der Waals surface area contributed by atoms with E-state index in [4.69, 9.17) is 4.74 Å². The molecule has 0 amide bonds. The lowest BCUT2D eigenvalue weighted by Gasteiger charge is -2.31. The smallest absolute Gasteiger partial charge is 0.127 e. The van der Waals surface area contributed by atoms with Crippen LogP contribution < -0.4 is 5.32 Å². The molecule has 0 bridgehead atoms. The highest BCUT2D eigenvalue weighted by atomic mass is 19.1. The molecule has 82 valence electrons. The van der Waals surface area contributed by atoms with Crippen LogP contribution in [0.1, 0.15) is 24.9 Å². The van der Waals surface area contributed by atoms with E-state index in [-0.39, 0.29) is 11.9 Å². The number of benzene rings is 1. The van der Waals surface area contributed by atoms with Gasteiger partial charge in [0, 0.05) is 11.6 Å². The summed E-state index contributed by atoms with van der Waals surface area (Å²) >= 11 is 0. The lowest BCUT2D eigenvalue weighted by molar-refractivity contribution is -0.0105. The van der Waals surface area contributed by atoms with Crippen molar-refractivity contribution in [1.29, 1.82) is 0 Å². The van der Waals surface area contributed by atoms with E-state index in [0.717, 1.165) is 25.2 Å². The average Bonchev–Trinajstić information content (AvgIpc) is 2.19. The minimum Gasteiger partial charge on any atom is -0.378 e. The predicted molar refractivity (Wildman–Crippen MR) is 57.2 cm³/mol. The van der Waals surface area contributed by atoms with Crippen LogP contribution in [0, 0.1) is 5.82 Å². The molecule has 1 saturated heterocycles. The Labute approximate surface area is 89.4 Å². The predicted octanol–water partition coefficient (Wildman–Crippen LogP) is 2.27. The summed E-state index contributed by atoms with van der Waals surface area (Å²) in [6.07, 6.45) is 0.886. The standard InChI is InChI=1S/C12H16FNO/c1-2-12(14-9-7-15-8-9)10-5-3-4-6-11(10)13/h3-6,9,12,14H,2,7-8H2,1H3. The van der Waals surface area contributed by atoms with Gasteiger partial charge in [-0.3, -0.25) is 0 Å². The molecular weight excluding hydrogens is 193 g/mol. The van der Waals surface area contributed by atoms with Crippen molar-refractivity contribution in [2.24, 2.45) is 0 Å². The molecular formula is C12H16FNO. The van der Waals surface area contributed by atoms with E-state index < -0.39 is 0 Å². The van der Waals surface area contributed by atoms with Crippen LogP contribution in [0.2, 0.25) is 0 Å². The van der Waals surface area contributed by atoms with Crippen LogP contribution >= 0.6 is 0 Å². The van der Waals surface area contributed by atoms with Gasteiger partial charge in [-0.2, -0.15) is 0 Å². The molecule has 1 atom stereocenters. The van der Waals surface area contributed by atoms with Crippen molar-refractivity contribution in [2.45, 2.75) is 25.4 Å². The van der Waals surface area contributed by atoms with Crippen LogP contribution in [0.25, 0.3) is 0 Å². The maximum Gasteiger partial charge on any atom is 0.127 e. The molecule has 0 saturated carbocycles. The lowest BCUT2D eigenvalue weighted by atomic mass is 10.0. The largest absolute Gasteiger partial charge is 0.378 e. The van der Waals surface area contributed by atoms with Crippen molar-refractivity contribution in [3.63, 3.8) is 0 Å². The molecule has 1 aliphatic heterocycles. The normalized spacial score (nSPS) is 18.5. The minimum absolute atomic E-state index is 0.0973. The molecule has 1 heterocycles. The van der Waals surface area contributed by atoms with Gasteiger partial charge in [-0.25, -0.2) is 4.39 Å². The zero-order valence-corrected chi connectivity index (χ0v) is 8.87. The molecule has 1 N–H and O–H groups in total. The van der Waals surface area contributed by atoms with Crippen LogP contribution in [-0.2, 0) is 4.74 Å². The highest BCUT2D eigenvalue weighted by Gasteiger charge is 2.23. The van der Waals surface area contributed by atoms with Gasteiger partial charge in [0.1, 0.15) is 5.82 Å². The van der Waals surface area contributed by atoms with Crippen LogP contribution in [-0.4, -0.2) is 19.3 Å². The molecule has 1 aliphatic rings. The fourth-order valence-corrected chi connectivity index (χ4v) is 1.80. The second-order valence-corrected chi connectivity index (χ2v) is 3.88. The van der Waals surface area contributed by atoms with Crippen molar-refractivity contribution in [3.05, 3.63) is 35.6 Å². The lowest BCUT2D eigenvalue weighted by Crippen LogP contribution is -2.47. The first-order valence-corrected chi connectivity index (χ1v) is 5.39. The molecule has 0 radical (unpaired) electrons. The number of hydrogen-bond acceptors (Lipinski definition) is 2. The summed E-state index contributed by atoms with van der Waals surface area (Å²) in [6, 6.07) is 7.43. The SMILES string of the molecule is CCC(NC1COC1)c1ccccc1F. The Balaban J connectivity index is 2.07. The fraction of sp³-hybridized carbons (Fsp3) is 0.500. The molecule has 1 unspecified atom stereocenters. The summed E-state index contributed by atoms with van der Waals surface area (Å²) in [6.45, 7) is 3.54. The third-order valence-electron chi connectivity index (χ3n) is 2.76. The van der Waals surface area contributed by atoms with Crippen molar-refractivity contribution >= 4 is 0 Å². The van der Waals surface area contributed by atoms with Crippen molar-refractivity contribution in [1.82, 2.24) is 5.32 Å². The quantitative estimate of drug-likeness (QED) is 0.821. The van der Waals surface area contributed by atoms with Gasteiger partial charge < -0.3 is 10.1 Å². The zero-order chi connectivity index (χ0) is 10.7. The van der Waals surface area contributed by atoms with Gasteiger partial charge >= 0.3 is 0 Å². The molecule has 2 rings (SSSR count). The number of hydrogen-bond donors (Lipinski definition) is 1. The maximum absolute atomic E-state index is 13.5. The summed E-state index contributed by atoms with van der Waals surface area (Å²) in [5.41, 5.74) is 0.756. The number of ether oxygens (including phenoxy) is 1. The van der Waals surface area contributed by atoms with Crippen LogP contribution in [0.4, 0.5) is 4.39 Å². The minimum atomic E-state index is -0.128. The van der Waals surface area contributed by atoms with Crippen LogP contribution in [0.3, 0.4) is 0 Å². The van der Waals surface area contributed by atoms with E-state index in [1.54, 1.807) is 6.07 Å². The fourth-order valence-electron chi connectivity index (χ4n) is 1.80. The summed E-state index contributed by atoms with van der Waals surface area (Å²) in [5.74, 6) is -0.128. The van der Waals surface area contributed by atoms with Crippen LogP contribution in [0.5, 0.6) is 0 Å².